The molecule has 1 aromatic heterocycles. The van der Waals surface area contributed by atoms with E-state index in [0.29, 0.717) is 11.6 Å². The average Bonchev–Trinajstić information content (AvgIpc) is 2.75. The number of ether oxygens (including phenoxy) is 1. The van der Waals surface area contributed by atoms with Gasteiger partial charge in [0.1, 0.15) is 11.9 Å². The van der Waals surface area contributed by atoms with E-state index in [1.165, 1.54) is 10.4 Å². The molecule has 4 heteroatoms. The van der Waals surface area contributed by atoms with E-state index in [4.69, 9.17) is 22.1 Å². The lowest BCUT2D eigenvalue weighted by Crippen LogP contribution is -2.18. The Bertz CT molecular complexity index is 480. The molecule has 0 amide bonds. The maximum Gasteiger partial charge on any atom is 0.145 e. The highest BCUT2D eigenvalue weighted by Gasteiger charge is 2.15. The number of halogens is 1. The molecule has 0 aliphatic carbocycles. The van der Waals surface area contributed by atoms with E-state index in [-0.39, 0.29) is 6.10 Å². The van der Waals surface area contributed by atoms with Crippen molar-refractivity contribution >= 4 is 22.9 Å². The predicted octanol–water partition coefficient (Wildman–Crippen LogP) is 3.79. The van der Waals surface area contributed by atoms with E-state index >= 15 is 0 Å². The summed E-state index contributed by atoms with van der Waals surface area (Å²) in [6, 6.07) is 9.41. The summed E-state index contributed by atoms with van der Waals surface area (Å²) in [7, 11) is 0. The first-order chi connectivity index (χ1) is 8.20. The maximum atomic E-state index is 5.87. The molecule has 0 radical (unpaired) electrons. The summed E-state index contributed by atoms with van der Waals surface area (Å²) in [5.41, 5.74) is 6.99. The standard InChI is InChI=1S/C13H14ClNOS/c1-9-6-7-17-13(9)12(8-15)16-11-4-2-10(14)3-5-11/h2-7,12H,8,15H2,1H3. The van der Waals surface area contributed by atoms with Crippen LogP contribution in [0.5, 0.6) is 5.75 Å². The number of nitrogens with two attached hydrogens (primary N) is 1. The van der Waals surface area contributed by atoms with Crippen LogP contribution in [0.25, 0.3) is 0 Å². The van der Waals surface area contributed by atoms with Crippen LogP contribution < -0.4 is 10.5 Å². The van der Waals surface area contributed by atoms with Crippen molar-refractivity contribution in [2.75, 3.05) is 6.54 Å². The van der Waals surface area contributed by atoms with Gasteiger partial charge in [0.25, 0.3) is 0 Å². The van der Waals surface area contributed by atoms with Crippen molar-refractivity contribution in [3.8, 4) is 5.75 Å². The average molecular weight is 268 g/mol. The zero-order valence-electron chi connectivity index (χ0n) is 9.52. The van der Waals surface area contributed by atoms with Gasteiger partial charge in [-0.15, -0.1) is 11.3 Å². The van der Waals surface area contributed by atoms with Crippen molar-refractivity contribution in [3.63, 3.8) is 0 Å². The van der Waals surface area contributed by atoms with Crippen LogP contribution in [0.3, 0.4) is 0 Å². The van der Waals surface area contributed by atoms with Crippen LogP contribution in [0, 0.1) is 6.92 Å². The van der Waals surface area contributed by atoms with Gasteiger partial charge in [0.15, 0.2) is 0 Å². The van der Waals surface area contributed by atoms with Crippen molar-refractivity contribution in [2.24, 2.45) is 5.73 Å². The zero-order chi connectivity index (χ0) is 12.3. The lowest BCUT2D eigenvalue weighted by molar-refractivity contribution is 0.217. The van der Waals surface area contributed by atoms with Gasteiger partial charge >= 0.3 is 0 Å². The minimum absolute atomic E-state index is 0.0869. The molecule has 1 heterocycles. The molecule has 0 bridgehead atoms. The van der Waals surface area contributed by atoms with E-state index in [0.717, 1.165) is 5.75 Å². The van der Waals surface area contributed by atoms with Gasteiger partial charge in [-0.1, -0.05) is 11.6 Å². The second-order valence-electron chi connectivity index (χ2n) is 3.76. The fraction of sp³-hybridized carbons (Fsp3) is 0.231. The Labute approximate surface area is 110 Å². The van der Waals surface area contributed by atoms with Gasteiger partial charge in [0.2, 0.25) is 0 Å². The first-order valence-corrected chi connectivity index (χ1v) is 6.62. The van der Waals surface area contributed by atoms with Crippen LogP contribution >= 0.6 is 22.9 Å². The Morgan fingerprint density at radius 2 is 2.00 bits per heavy atom. The number of rotatable bonds is 4. The van der Waals surface area contributed by atoms with Gasteiger partial charge in [-0.2, -0.15) is 0 Å². The topological polar surface area (TPSA) is 35.2 Å². The van der Waals surface area contributed by atoms with Crippen LogP contribution in [0.1, 0.15) is 16.5 Å². The Morgan fingerprint density at radius 1 is 1.29 bits per heavy atom. The predicted molar refractivity (Wildman–Crippen MR) is 72.9 cm³/mol. The number of benzene rings is 1. The minimum Gasteiger partial charge on any atom is -0.484 e. The Morgan fingerprint density at radius 3 is 2.53 bits per heavy atom. The molecule has 2 nitrogen and oxygen atoms in total. The van der Waals surface area contributed by atoms with Crippen LogP contribution in [-0.4, -0.2) is 6.54 Å². The maximum absolute atomic E-state index is 5.87. The third-order valence-corrected chi connectivity index (χ3v) is 3.86. The SMILES string of the molecule is Cc1ccsc1C(CN)Oc1ccc(Cl)cc1. The molecular weight excluding hydrogens is 254 g/mol. The summed E-state index contributed by atoms with van der Waals surface area (Å²) in [6.45, 7) is 2.53. The first-order valence-electron chi connectivity index (χ1n) is 5.37. The summed E-state index contributed by atoms with van der Waals surface area (Å²) in [5, 5.41) is 2.76. The van der Waals surface area contributed by atoms with Crippen LogP contribution in [0.4, 0.5) is 0 Å². The highest BCUT2D eigenvalue weighted by molar-refractivity contribution is 7.10. The fourth-order valence-electron chi connectivity index (χ4n) is 1.60. The quantitative estimate of drug-likeness (QED) is 0.915. The Kier molecular flexibility index (Phi) is 4.05. The van der Waals surface area contributed by atoms with Gasteiger partial charge in [0.05, 0.1) is 0 Å². The molecule has 0 aliphatic heterocycles. The van der Waals surface area contributed by atoms with Crippen molar-refractivity contribution in [1.82, 2.24) is 0 Å². The van der Waals surface area contributed by atoms with Gasteiger partial charge < -0.3 is 10.5 Å². The molecule has 2 N–H and O–H groups in total. The largest absolute Gasteiger partial charge is 0.484 e. The third-order valence-electron chi connectivity index (χ3n) is 2.50. The molecule has 0 spiro atoms. The molecular formula is C13H14ClNOS. The van der Waals surface area contributed by atoms with E-state index in [9.17, 15) is 0 Å². The molecule has 2 rings (SSSR count). The molecule has 2 aromatic rings. The van der Waals surface area contributed by atoms with E-state index in [2.05, 4.69) is 18.4 Å². The van der Waals surface area contributed by atoms with Crippen molar-refractivity contribution in [2.45, 2.75) is 13.0 Å². The monoisotopic (exact) mass is 267 g/mol. The third kappa shape index (κ3) is 3.00. The summed E-state index contributed by atoms with van der Waals surface area (Å²) < 4.78 is 5.87. The molecule has 0 aliphatic rings. The van der Waals surface area contributed by atoms with E-state index in [1.807, 2.05) is 24.3 Å². The minimum atomic E-state index is -0.0869. The molecule has 0 fully saturated rings. The molecule has 0 saturated carbocycles. The number of aryl methyl sites for hydroxylation is 1. The summed E-state index contributed by atoms with van der Waals surface area (Å²) >= 11 is 7.50. The Hall–Kier alpha value is -1.03. The first kappa shape index (κ1) is 12.4. The highest BCUT2D eigenvalue weighted by Crippen LogP contribution is 2.28. The lowest BCUT2D eigenvalue weighted by atomic mass is 10.2. The summed E-state index contributed by atoms with van der Waals surface area (Å²) in [4.78, 5) is 1.18. The highest BCUT2D eigenvalue weighted by atomic mass is 35.5. The smallest absolute Gasteiger partial charge is 0.145 e. The number of thiophene rings is 1. The number of hydrogen-bond acceptors (Lipinski definition) is 3. The van der Waals surface area contributed by atoms with E-state index < -0.39 is 0 Å². The zero-order valence-corrected chi connectivity index (χ0v) is 11.1. The summed E-state index contributed by atoms with van der Waals surface area (Å²) in [6.07, 6.45) is -0.0869. The molecule has 1 unspecified atom stereocenters. The van der Waals surface area contributed by atoms with Crippen LogP contribution in [-0.2, 0) is 0 Å². The van der Waals surface area contributed by atoms with Gasteiger partial charge in [-0.25, -0.2) is 0 Å². The molecule has 1 aromatic carbocycles. The fourth-order valence-corrected chi connectivity index (χ4v) is 2.70. The molecule has 90 valence electrons. The second kappa shape index (κ2) is 5.54. The second-order valence-corrected chi connectivity index (χ2v) is 5.15. The summed E-state index contributed by atoms with van der Waals surface area (Å²) in [5.74, 6) is 0.789. The molecule has 1 atom stereocenters. The van der Waals surface area contributed by atoms with E-state index in [1.54, 1.807) is 11.3 Å². The van der Waals surface area contributed by atoms with Crippen molar-refractivity contribution < 1.29 is 4.74 Å². The van der Waals surface area contributed by atoms with Gasteiger partial charge in [-0.05, 0) is 48.2 Å². The van der Waals surface area contributed by atoms with Gasteiger partial charge in [0, 0.05) is 16.4 Å². The van der Waals surface area contributed by atoms with Crippen molar-refractivity contribution in [1.29, 1.82) is 0 Å². The van der Waals surface area contributed by atoms with Crippen LogP contribution in [0.15, 0.2) is 35.7 Å². The lowest BCUT2D eigenvalue weighted by Gasteiger charge is -2.17. The molecule has 17 heavy (non-hydrogen) atoms. The molecule has 0 saturated heterocycles. The Balaban J connectivity index is 2.16. The van der Waals surface area contributed by atoms with Crippen molar-refractivity contribution in [3.05, 3.63) is 51.2 Å². The normalized spacial score (nSPS) is 12.4. The van der Waals surface area contributed by atoms with Gasteiger partial charge in [-0.3, -0.25) is 0 Å². The number of hydrogen-bond donors (Lipinski definition) is 1. The van der Waals surface area contributed by atoms with Crippen LogP contribution in [0.2, 0.25) is 5.02 Å².